The van der Waals surface area contributed by atoms with Gasteiger partial charge in [0.1, 0.15) is 11.3 Å². The van der Waals surface area contributed by atoms with Crippen molar-refractivity contribution in [3.8, 4) is 23.0 Å². The molecule has 1 aromatic carbocycles. The van der Waals surface area contributed by atoms with E-state index in [2.05, 4.69) is 43.2 Å². The van der Waals surface area contributed by atoms with Crippen LogP contribution >= 0.6 is 0 Å². The Bertz CT molecular complexity index is 1030. The van der Waals surface area contributed by atoms with E-state index in [9.17, 15) is 4.79 Å². The van der Waals surface area contributed by atoms with E-state index < -0.39 is 0 Å². The molecule has 0 bridgehead atoms. The zero-order chi connectivity index (χ0) is 21.8. The zero-order valence-corrected chi connectivity index (χ0v) is 18.6. The fraction of sp³-hybridized carbons (Fsp3) is 0.375. The highest BCUT2D eigenvalue weighted by Gasteiger charge is 2.22. The Labute approximate surface area is 178 Å². The number of carbonyl (C=O) groups is 1. The average molecular weight is 407 g/mol. The molecule has 0 saturated heterocycles. The minimum absolute atomic E-state index is 0.292. The van der Waals surface area contributed by atoms with E-state index in [1.807, 2.05) is 26.8 Å². The van der Waals surface area contributed by atoms with E-state index in [-0.39, 0.29) is 0 Å². The molecule has 3 aromatic rings. The maximum atomic E-state index is 11.6. The predicted molar refractivity (Wildman–Crippen MR) is 121 cm³/mol. The number of carbonyl (C=O) groups excluding carboxylic acids is 1. The zero-order valence-electron chi connectivity index (χ0n) is 18.6. The summed E-state index contributed by atoms with van der Waals surface area (Å²) < 4.78 is 7.85. The molecule has 0 amide bonds. The fourth-order valence-corrected chi connectivity index (χ4v) is 3.78. The van der Waals surface area contributed by atoms with Crippen LogP contribution in [-0.2, 0) is 4.79 Å². The van der Waals surface area contributed by atoms with E-state index >= 15 is 0 Å². The summed E-state index contributed by atoms with van der Waals surface area (Å²) >= 11 is 0. The van der Waals surface area contributed by atoms with Crippen LogP contribution in [-0.4, -0.2) is 27.0 Å². The Morgan fingerprint density at radius 2 is 1.77 bits per heavy atom. The monoisotopic (exact) mass is 406 g/mol. The first-order valence-corrected chi connectivity index (χ1v) is 10.4. The van der Waals surface area contributed by atoms with Gasteiger partial charge in [-0.15, -0.1) is 0 Å². The van der Waals surface area contributed by atoms with Gasteiger partial charge in [0.15, 0.2) is 5.82 Å². The van der Waals surface area contributed by atoms with Gasteiger partial charge in [-0.1, -0.05) is 31.5 Å². The molecule has 3 rings (SSSR count). The predicted octanol–water partition coefficient (Wildman–Crippen LogP) is 5.61. The van der Waals surface area contributed by atoms with E-state index in [0.29, 0.717) is 23.3 Å². The van der Waals surface area contributed by atoms with E-state index in [4.69, 9.17) is 9.72 Å². The molecule has 0 fully saturated rings. The Morgan fingerprint density at radius 3 is 2.37 bits per heavy atom. The van der Waals surface area contributed by atoms with Crippen molar-refractivity contribution in [3.05, 3.63) is 53.0 Å². The van der Waals surface area contributed by atoms with Gasteiger partial charge in [0.25, 0.3) is 0 Å². The first-order chi connectivity index (χ1) is 14.4. The molecule has 0 saturated carbocycles. The number of aromatic nitrogens is 3. The smallest absolute Gasteiger partial charge is 0.232 e. The molecular weight excluding hydrogens is 376 g/mol. The molecule has 0 aliphatic heterocycles. The summed E-state index contributed by atoms with van der Waals surface area (Å²) in [6.45, 7) is 12.4. The molecule has 0 radical (unpaired) electrons. The second-order valence-electron chi connectivity index (χ2n) is 7.74. The van der Waals surface area contributed by atoms with Crippen LogP contribution < -0.4 is 10.1 Å². The lowest BCUT2D eigenvalue weighted by atomic mass is 10.1. The van der Waals surface area contributed by atoms with Crippen molar-refractivity contribution < 1.29 is 9.53 Å². The van der Waals surface area contributed by atoms with Crippen LogP contribution in [0.4, 0.5) is 5.69 Å². The van der Waals surface area contributed by atoms with Crippen LogP contribution in [0.5, 0.6) is 11.6 Å². The highest BCUT2D eigenvalue weighted by atomic mass is 16.5. The van der Waals surface area contributed by atoms with Crippen LogP contribution in [0.15, 0.2) is 30.6 Å². The van der Waals surface area contributed by atoms with Gasteiger partial charge in [-0.2, -0.15) is 0 Å². The molecular formula is C24H30N4O2. The SMILES string of the molecule is CCC(CC)Nc1cc(C)nc(Oc2c(C)cc(C)cc2C)c1-c1nccn1C=O. The average Bonchev–Trinajstić information content (AvgIpc) is 3.16. The second kappa shape index (κ2) is 9.11. The molecule has 0 unspecified atom stereocenters. The topological polar surface area (TPSA) is 69.0 Å². The maximum absolute atomic E-state index is 11.6. The van der Waals surface area contributed by atoms with Crippen molar-refractivity contribution >= 4 is 12.1 Å². The van der Waals surface area contributed by atoms with E-state index in [0.717, 1.165) is 47.5 Å². The first kappa shape index (κ1) is 21.6. The molecule has 1 N–H and O–H groups in total. The van der Waals surface area contributed by atoms with Crippen molar-refractivity contribution in [2.24, 2.45) is 0 Å². The summed E-state index contributed by atoms with van der Waals surface area (Å²) in [5.41, 5.74) is 5.63. The summed E-state index contributed by atoms with van der Waals surface area (Å²) in [5.74, 6) is 1.72. The highest BCUT2D eigenvalue weighted by molar-refractivity contribution is 5.82. The Morgan fingerprint density at radius 1 is 1.10 bits per heavy atom. The van der Waals surface area contributed by atoms with Crippen LogP contribution in [0.25, 0.3) is 11.4 Å². The molecule has 30 heavy (non-hydrogen) atoms. The molecule has 0 aliphatic rings. The lowest BCUT2D eigenvalue weighted by Crippen LogP contribution is -2.18. The normalized spacial score (nSPS) is 11.0. The van der Waals surface area contributed by atoms with Gasteiger partial charge in [0.2, 0.25) is 12.3 Å². The van der Waals surface area contributed by atoms with Gasteiger partial charge >= 0.3 is 0 Å². The first-order valence-electron chi connectivity index (χ1n) is 10.4. The number of aryl methyl sites for hydroxylation is 4. The molecule has 0 spiro atoms. The van der Waals surface area contributed by atoms with Crippen LogP contribution in [0.2, 0.25) is 0 Å². The third kappa shape index (κ3) is 4.37. The summed E-state index contributed by atoms with van der Waals surface area (Å²) in [5, 5.41) is 3.60. The molecule has 0 aliphatic carbocycles. The van der Waals surface area contributed by atoms with Crippen LogP contribution in [0.1, 0.15) is 49.1 Å². The van der Waals surface area contributed by atoms with Gasteiger partial charge < -0.3 is 10.1 Å². The lowest BCUT2D eigenvalue weighted by molar-refractivity contribution is 0.456. The maximum Gasteiger partial charge on any atom is 0.232 e. The standard InChI is InChI=1S/C24H30N4O2/c1-7-19(8-2)27-20-13-18(6)26-24(21(20)23-25-9-10-28(23)14-29)30-22-16(4)11-15(3)12-17(22)5/h9-14,19H,7-8H2,1-6H3,(H,26,27). The van der Waals surface area contributed by atoms with E-state index in [1.54, 1.807) is 12.4 Å². The lowest BCUT2D eigenvalue weighted by Gasteiger charge is -2.22. The van der Waals surface area contributed by atoms with Crippen molar-refractivity contribution in [2.45, 2.75) is 60.4 Å². The molecule has 6 nitrogen and oxygen atoms in total. The van der Waals surface area contributed by atoms with Crippen molar-refractivity contribution in [1.82, 2.24) is 14.5 Å². The summed E-state index contributed by atoms with van der Waals surface area (Å²) in [6, 6.07) is 6.46. The van der Waals surface area contributed by atoms with Crippen molar-refractivity contribution in [1.29, 1.82) is 0 Å². The number of imidazole rings is 1. The van der Waals surface area contributed by atoms with Crippen molar-refractivity contribution in [3.63, 3.8) is 0 Å². The molecule has 0 atom stereocenters. The molecule has 2 aromatic heterocycles. The highest BCUT2D eigenvalue weighted by Crippen LogP contribution is 2.39. The fourth-order valence-electron chi connectivity index (χ4n) is 3.78. The number of nitrogens with one attached hydrogen (secondary N) is 1. The van der Waals surface area contributed by atoms with Gasteiger partial charge in [0.05, 0.1) is 5.69 Å². The van der Waals surface area contributed by atoms with E-state index in [1.165, 1.54) is 10.1 Å². The number of ether oxygens (including phenoxy) is 1. The summed E-state index contributed by atoms with van der Waals surface area (Å²) in [7, 11) is 0. The summed E-state index contributed by atoms with van der Waals surface area (Å²) in [4.78, 5) is 20.8. The van der Waals surface area contributed by atoms with Gasteiger partial charge in [-0.25, -0.2) is 9.97 Å². The number of nitrogens with zero attached hydrogens (tertiary/aromatic N) is 3. The Balaban J connectivity index is 2.21. The quantitative estimate of drug-likeness (QED) is 0.492. The third-order valence-corrected chi connectivity index (χ3v) is 5.27. The molecule has 6 heteroatoms. The number of pyridine rings is 1. The van der Waals surface area contributed by atoms with Crippen molar-refractivity contribution in [2.75, 3.05) is 5.32 Å². The van der Waals surface area contributed by atoms with Gasteiger partial charge in [0, 0.05) is 24.1 Å². The van der Waals surface area contributed by atoms with Crippen LogP contribution in [0.3, 0.4) is 0 Å². The number of rotatable bonds is 8. The Kier molecular flexibility index (Phi) is 6.55. The molecule has 2 heterocycles. The Hall–Kier alpha value is -3.15. The van der Waals surface area contributed by atoms with Gasteiger partial charge in [-0.3, -0.25) is 9.36 Å². The minimum Gasteiger partial charge on any atom is -0.438 e. The number of hydrogen-bond donors (Lipinski definition) is 1. The third-order valence-electron chi connectivity index (χ3n) is 5.27. The minimum atomic E-state index is 0.292. The number of anilines is 1. The number of benzene rings is 1. The van der Waals surface area contributed by atoms with Crippen LogP contribution in [0, 0.1) is 27.7 Å². The number of hydrogen-bond acceptors (Lipinski definition) is 5. The summed E-state index contributed by atoms with van der Waals surface area (Å²) in [6.07, 6.45) is 5.94. The van der Waals surface area contributed by atoms with Gasteiger partial charge in [-0.05, 0) is 57.7 Å². The largest absolute Gasteiger partial charge is 0.438 e. The second-order valence-corrected chi connectivity index (χ2v) is 7.74. The molecule has 158 valence electrons.